The lowest BCUT2D eigenvalue weighted by Gasteiger charge is -2.03. The second kappa shape index (κ2) is 7.17. The Bertz CT molecular complexity index is 690. The van der Waals surface area contributed by atoms with E-state index in [0.29, 0.717) is 11.1 Å². The molecule has 2 rings (SSSR count). The normalized spacial score (nSPS) is 10.6. The molecule has 0 spiro atoms. The topological polar surface area (TPSA) is 43.4 Å². The maximum absolute atomic E-state index is 12.2. The first-order valence-electron chi connectivity index (χ1n) is 6.27. The fourth-order valence-corrected chi connectivity index (χ4v) is 2.57. The Morgan fingerprint density at radius 3 is 2.43 bits per heavy atom. The van der Waals surface area contributed by atoms with Gasteiger partial charge in [0.05, 0.1) is 12.7 Å². The van der Waals surface area contributed by atoms with E-state index in [-0.39, 0.29) is 5.78 Å². The number of benzene rings is 2. The minimum absolute atomic E-state index is 0.0975. The number of methoxy groups -OCH3 is 1. The highest BCUT2D eigenvalue weighted by atomic mass is 127. The van der Waals surface area contributed by atoms with Gasteiger partial charge in [-0.25, -0.2) is 4.79 Å². The third-order valence-corrected chi connectivity index (χ3v) is 3.77. The monoisotopic (exact) mass is 392 g/mol. The zero-order valence-electron chi connectivity index (χ0n) is 11.4. The zero-order valence-corrected chi connectivity index (χ0v) is 13.5. The number of esters is 1. The molecule has 2 aromatic carbocycles. The molecular formula is C17H13IO3. The molecule has 0 bridgehead atoms. The van der Waals surface area contributed by atoms with E-state index in [1.54, 1.807) is 24.3 Å². The highest BCUT2D eigenvalue weighted by Crippen LogP contribution is 2.17. The summed E-state index contributed by atoms with van der Waals surface area (Å²) in [6.45, 7) is 0. The summed E-state index contributed by atoms with van der Waals surface area (Å²) in [6, 6.07) is 14.5. The molecular weight excluding hydrogens is 379 g/mol. The van der Waals surface area contributed by atoms with E-state index in [1.807, 2.05) is 52.9 Å². The van der Waals surface area contributed by atoms with Gasteiger partial charge in [-0.15, -0.1) is 0 Å². The van der Waals surface area contributed by atoms with Crippen LogP contribution >= 0.6 is 22.6 Å². The fraction of sp³-hybridized carbons (Fsp3) is 0.0588. The van der Waals surface area contributed by atoms with Crippen LogP contribution in [0.5, 0.6) is 0 Å². The Morgan fingerprint density at radius 2 is 1.81 bits per heavy atom. The largest absolute Gasteiger partial charge is 0.465 e. The van der Waals surface area contributed by atoms with Crippen LogP contribution in [-0.4, -0.2) is 18.9 Å². The van der Waals surface area contributed by atoms with Crippen LogP contribution in [0.2, 0.25) is 0 Å². The molecule has 0 heterocycles. The summed E-state index contributed by atoms with van der Waals surface area (Å²) in [7, 11) is 1.33. The average Bonchev–Trinajstić information content (AvgIpc) is 2.52. The van der Waals surface area contributed by atoms with Crippen molar-refractivity contribution in [1.82, 2.24) is 0 Å². The van der Waals surface area contributed by atoms with Gasteiger partial charge in [-0.3, -0.25) is 4.79 Å². The number of hydrogen-bond acceptors (Lipinski definition) is 3. The summed E-state index contributed by atoms with van der Waals surface area (Å²) in [5.41, 5.74) is 1.97. The second-order valence-corrected chi connectivity index (χ2v) is 5.46. The predicted octanol–water partition coefficient (Wildman–Crippen LogP) is 3.97. The van der Waals surface area contributed by atoms with E-state index in [2.05, 4.69) is 4.74 Å². The van der Waals surface area contributed by atoms with Crippen LogP contribution in [0.1, 0.15) is 26.3 Å². The van der Waals surface area contributed by atoms with Crippen LogP contribution in [0.3, 0.4) is 0 Å². The predicted molar refractivity (Wildman–Crippen MR) is 90.3 cm³/mol. The Morgan fingerprint density at radius 1 is 1.10 bits per heavy atom. The van der Waals surface area contributed by atoms with Crippen LogP contribution in [0, 0.1) is 3.57 Å². The lowest BCUT2D eigenvalue weighted by atomic mass is 10.1. The van der Waals surface area contributed by atoms with Gasteiger partial charge in [0.25, 0.3) is 0 Å². The summed E-state index contributed by atoms with van der Waals surface area (Å²) in [5, 5.41) is 0. The number of allylic oxidation sites excluding steroid dienone is 1. The molecule has 21 heavy (non-hydrogen) atoms. The van der Waals surface area contributed by atoms with Gasteiger partial charge in [0, 0.05) is 9.13 Å². The van der Waals surface area contributed by atoms with E-state index in [9.17, 15) is 9.59 Å². The standard InChI is InChI=1S/C17H13IO3/c1-21-17(20)13-8-9-14(15(18)11-13)16(19)10-7-12-5-3-2-4-6-12/h2-11H,1H3. The quantitative estimate of drug-likeness (QED) is 0.342. The average molecular weight is 392 g/mol. The number of ether oxygens (including phenoxy) is 1. The van der Waals surface area contributed by atoms with Crippen LogP contribution < -0.4 is 0 Å². The maximum Gasteiger partial charge on any atom is 0.337 e. The third kappa shape index (κ3) is 4.01. The molecule has 0 N–H and O–H groups in total. The second-order valence-electron chi connectivity index (χ2n) is 4.29. The van der Waals surface area contributed by atoms with Gasteiger partial charge in [-0.05, 0) is 52.4 Å². The SMILES string of the molecule is COC(=O)c1ccc(C(=O)C=Cc2ccccc2)c(I)c1. The van der Waals surface area contributed by atoms with Gasteiger partial charge < -0.3 is 4.74 Å². The minimum Gasteiger partial charge on any atom is -0.465 e. The number of rotatable bonds is 4. The van der Waals surface area contributed by atoms with Crippen LogP contribution in [0.15, 0.2) is 54.6 Å². The van der Waals surface area contributed by atoms with Gasteiger partial charge in [0.2, 0.25) is 0 Å². The van der Waals surface area contributed by atoms with Gasteiger partial charge in [0.1, 0.15) is 0 Å². The number of halogens is 1. The fourth-order valence-electron chi connectivity index (χ4n) is 1.79. The van der Waals surface area contributed by atoms with E-state index >= 15 is 0 Å². The Balaban J connectivity index is 2.20. The lowest BCUT2D eigenvalue weighted by molar-refractivity contribution is 0.0600. The number of carbonyl (C=O) groups is 2. The van der Waals surface area contributed by atoms with Gasteiger partial charge >= 0.3 is 5.97 Å². The van der Waals surface area contributed by atoms with Crippen molar-refractivity contribution in [2.45, 2.75) is 0 Å². The van der Waals surface area contributed by atoms with Gasteiger partial charge in [0.15, 0.2) is 5.78 Å². The van der Waals surface area contributed by atoms with Crippen molar-refractivity contribution < 1.29 is 14.3 Å². The maximum atomic E-state index is 12.2. The molecule has 0 radical (unpaired) electrons. The molecule has 0 aliphatic carbocycles. The third-order valence-electron chi connectivity index (χ3n) is 2.88. The van der Waals surface area contributed by atoms with Crippen LogP contribution in [0.25, 0.3) is 6.08 Å². The van der Waals surface area contributed by atoms with E-state index < -0.39 is 5.97 Å². The lowest BCUT2D eigenvalue weighted by Crippen LogP contribution is -2.04. The molecule has 0 saturated carbocycles. The van der Waals surface area contributed by atoms with Gasteiger partial charge in [-0.1, -0.05) is 36.4 Å². The Kier molecular flexibility index (Phi) is 5.27. The Hall–Kier alpha value is -1.95. The van der Waals surface area contributed by atoms with Crippen LogP contribution in [-0.2, 0) is 4.74 Å². The molecule has 4 heteroatoms. The van der Waals surface area contributed by atoms with E-state index in [0.717, 1.165) is 9.13 Å². The summed E-state index contributed by atoms with van der Waals surface area (Å²) in [6.07, 6.45) is 3.30. The molecule has 0 aromatic heterocycles. The highest BCUT2D eigenvalue weighted by Gasteiger charge is 2.11. The van der Waals surface area contributed by atoms with Crippen molar-refractivity contribution >= 4 is 40.4 Å². The molecule has 0 amide bonds. The molecule has 106 valence electrons. The summed E-state index contributed by atoms with van der Waals surface area (Å²) in [5.74, 6) is -0.508. The number of carbonyl (C=O) groups excluding carboxylic acids is 2. The number of ketones is 1. The minimum atomic E-state index is -0.410. The first-order valence-corrected chi connectivity index (χ1v) is 7.35. The van der Waals surface area contributed by atoms with Crippen LogP contribution in [0.4, 0.5) is 0 Å². The Labute approximate surface area is 136 Å². The van der Waals surface area contributed by atoms with Crippen molar-refractivity contribution in [2.75, 3.05) is 7.11 Å². The first-order chi connectivity index (χ1) is 10.1. The summed E-state index contributed by atoms with van der Waals surface area (Å²) >= 11 is 2.04. The van der Waals surface area contributed by atoms with Crippen molar-refractivity contribution in [3.63, 3.8) is 0 Å². The van der Waals surface area contributed by atoms with Gasteiger partial charge in [-0.2, -0.15) is 0 Å². The molecule has 0 aliphatic rings. The molecule has 0 unspecified atom stereocenters. The zero-order chi connectivity index (χ0) is 15.2. The molecule has 0 fully saturated rings. The first kappa shape index (κ1) is 15.4. The van der Waals surface area contributed by atoms with E-state index in [4.69, 9.17) is 0 Å². The number of hydrogen-bond donors (Lipinski definition) is 0. The summed E-state index contributed by atoms with van der Waals surface area (Å²) in [4.78, 5) is 23.6. The smallest absolute Gasteiger partial charge is 0.337 e. The van der Waals surface area contributed by atoms with Crippen molar-refractivity contribution in [2.24, 2.45) is 0 Å². The molecule has 0 atom stereocenters. The van der Waals surface area contributed by atoms with Crippen molar-refractivity contribution in [3.8, 4) is 0 Å². The van der Waals surface area contributed by atoms with Crippen molar-refractivity contribution in [1.29, 1.82) is 0 Å². The molecule has 2 aromatic rings. The highest BCUT2D eigenvalue weighted by molar-refractivity contribution is 14.1. The molecule has 0 aliphatic heterocycles. The van der Waals surface area contributed by atoms with Crippen molar-refractivity contribution in [3.05, 3.63) is 74.9 Å². The molecule has 0 saturated heterocycles. The van der Waals surface area contributed by atoms with E-state index in [1.165, 1.54) is 13.2 Å². The molecule has 3 nitrogen and oxygen atoms in total. The summed E-state index contributed by atoms with van der Waals surface area (Å²) < 4.78 is 5.38.